The van der Waals surface area contributed by atoms with Crippen LogP contribution in [0.5, 0.6) is 5.75 Å². The number of thiophene rings is 1. The summed E-state index contributed by atoms with van der Waals surface area (Å²) in [5, 5.41) is 1.40. The number of para-hydroxylation sites is 1. The summed E-state index contributed by atoms with van der Waals surface area (Å²) in [6.07, 6.45) is 2.02. The smallest absolute Gasteiger partial charge is 0.233 e. The van der Waals surface area contributed by atoms with E-state index in [-0.39, 0.29) is 18.2 Å². The van der Waals surface area contributed by atoms with Gasteiger partial charge in [0.2, 0.25) is 5.91 Å². The van der Waals surface area contributed by atoms with Gasteiger partial charge >= 0.3 is 0 Å². The van der Waals surface area contributed by atoms with Gasteiger partial charge in [0.25, 0.3) is 0 Å². The van der Waals surface area contributed by atoms with Crippen molar-refractivity contribution >= 4 is 27.1 Å². The molecule has 1 saturated heterocycles. The average molecular weight is 406 g/mol. The summed E-state index contributed by atoms with van der Waals surface area (Å²) in [7, 11) is -1.65. The molecule has 2 heterocycles. The summed E-state index contributed by atoms with van der Waals surface area (Å²) in [5.74, 6) is 0.778. The van der Waals surface area contributed by atoms with Crippen LogP contribution >= 0.6 is 11.3 Å². The number of nitrogens with zero attached hydrogens (tertiary/aromatic N) is 1. The van der Waals surface area contributed by atoms with Gasteiger partial charge in [-0.15, -0.1) is 11.3 Å². The minimum absolute atomic E-state index is 0.0172. The summed E-state index contributed by atoms with van der Waals surface area (Å²) < 4.78 is 31.0. The maximum atomic E-state index is 13.4. The molecule has 144 valence electrons. The number of carbonyl (C=O) groups is 1. The molecule has 1 aliphatic carbocycles. The first kappa shape index (κ1) is 18.5. The number of hydrogen-bond donors (Lipinski definition) is 0. The van der Waals surface area contributed by atoms with Gasteiger partial charge in [0.15, 0.2) is 9.84 Å². The van der Waals surface area contributed by atoms with Gasteiger partial charge in [-0.3, -0.25) is 4.79 Å². The second-order valence-electron chi connectivity index (χ2n) is 7.23. The molecule has 1 saturated carbocycles. The molecule has 0 N–H and O–H groups in total. The largest absolute Gasteiger partial charge is 0.496 e. The lowest BCUT2D eigenvalue weighted by Gasteiger charge is -2.27. The fraction of sp³-hybridized carbons (Fsp3) is 0.450. The van der Waals surface area contributed by atoms with Crippen LogP contribution in [-0.4, -0.2) is 45.2 Å². The van der Waals surface area contributed by atoms with Crippen molar-refractivity contribution in [1.82, 2.24) is 4.90 Å². The predicted molar refractivity (Wildman–Crippen MR) is 106 cm³/mol. The Bertz CT molecular complexity index is 933. The van der Waals surface area contributed by atoms with Crippen LogP contribution in [0.4, 0.5) is 0 Å². The third-order valence-corrected chi connectivity index (χ3v) is 8.91. The van der Waals surface area contributed by atoms with Crippen molar-refractivity contribution in [3.63, 3.8) is 0 Å². The summed E-state index contributed by atoms with van der Waals surface area (Å²) in [5.41, 5.74) is 0.360. The number of rotatable bonds is 4. The Morgan fingerprint density at radius 1 is 1.19 bits per heavy atom. The average Bonchev–Trinajstić information content (AvgIpc) is 3.35. The Labute approximate surface area is 163 Å². The van der Waals surface area contributed by atoms with Crippen LogP contribution in [0.3, 0.4) is 0 Å². The number of ether oxygens (including phenoxy) is 1. The van der Waals surface area contributed by atoms with E-state index >= 15 is 0 Å². The SMILES string of the molecule is COc1ccccc1C1(C(=O)N2CC[C@@H](c3cccs3)S(=O)(=O)CC2)CC1. The molecule has 1 aromatic heterocycles. The van der Waals surface area contributed by atoms with E-state index in [9.17, 15) is 13.2 Å². The summed E-state index contributed by atoms with van der Waals surface area (Å²) in [4.78, 5) is 16.0. The summed E-state index contributed by atoms with van der Waals surface area (Å²) in [6, 6.07) is 11.4. The van der Waals surface area contributed by atoms with Gasteiger partial charge < -0.3 is 9.64 Å². The molecule has 27 heavy (non-hydrogen) atoms. The zero-order valence-electron chi connectivity index (χ0n) is 15.3. The lowest BCUT2D eigenvalue weighted by molar-refractivity contribution is -0.133. The van der Waals surface area contributed by atoms with E-state index in [1.807, 2.05) is 41.8 Å². The van der Waals surface area contributed by atoms with Gasteiger partial charge in [-0.25, -0.2) is 8.42 Å². The Morgan fingerprint density at radius 3 is 2.63 bits per heavy atom. The predicted octanol–water partition coefficient (Wildman–Crippen LogP) is 3.18. The Morgan fingerprint density at radius 2 is 1.96 bits per heavy atom. The zero-order chi connectivity index (χ0) is 19.1. The molecule has 1 amide bonds. The third-order valence-electron chi connectivity index (χ3n) is 5.67. The molecule has 2 aromatic rings. The number of sulfone groups is 1. The van der Waals surface area contributed by atoms with E-state index in [2.05, 4.69) is 0 Å². The molecule has 1 aliphatic heterocycles. The molecule has 0 bridgehead atoms. The highest BCUT2D eigenvalue weighted by Crippen LogP contribution is 2.52. The molecule has 0 spiro atoms. The number of carbonyl (C=O) groups excluding carboxylic acids is 1. The maximum absolute atomic E-state index is 13.4. The zero-order valence-corrected chi connectivity index (χ0v) is 16.9. The molecule has 7 heteroatoms. The Kier molecular flexibility index (Phi) is 4.76. The molecular formula is C20H23NO4S2. The van der Waals surface area contributed by atoms with Gasteiger partial charge in [-0.05, 0) is 36.8 Å². The van der Waals surface area contributed by atoms with Gasteiger partial charge in [0.05, 0.1) is 23.5 Å². The van der Waals surface area contributed by atoms with Crippen molar-refractivity contribution in [2.45, 2.75) is 29.9 Å². The second kappa shape index (κ2) is 6.95. The van der Waals surface area contributed by atoms with E-state index in [4.69, 9.17) is 4.74 Å². The molecule has 5 nitrogen and oxygen atoms in total. The van der Waals surface area contributed by atoms with Crippen molar-refractivity contribution in [2.75, 3.05) is 26.0 Å². The van der Waals surface area contributed by atoms with Crippen LogP contribution in [0.15, 0.2) is 41.8 Å². The van der Waals surface area contributed by atoms with Gasteiger partial charge in [-0.2, -0.15) is 0 Å². The Hall–Kier alpha value is -1.86. The standard InChI is InChI=1S/C20H23NO4S2/c1-25-16-6-3-2-5-15(16)20(9-10-20)19(22)21-11-8-18(17-7-4-13-26-17)27(23,24)14-12-21/h2-7,13,18H,8-12,14H2,1H3/t18-/m0/s1. The molecule has 1 atom stereocenters. The number of amides is 1. The van der Waals surface area contributed by atoms with E-state index in [0.717, 1.165) is 29.0 Å². The maximum Gasteiger partial charge on any atom is 0.233 e. The fourth-order valence-electron chi connectivity index (χ4n) is 4.01. The topological polar surface area (TPSA) is 63.7 Å². The van der Waals surface area contributed by atoms with Crippen molar-refractivity contribution in [1.29, 1.82) is 0 Å². The number of hydrogen-bond acceptors (Lipinski definition) is 5. The van der Waals surface area contributed by atoms with Crippen LogP contribution in [-0.2, 0) is 20.0 Å². The van der Waals surface area contributed by atoms with Crippen molar-refractivity contribution in [3.05, 3.63) is 52.2 Å². The van der Waals surface area contributed by atoms with Gasteiger partial charge in [-0.1, -0.05) is 24.3 Å². The fourth-order valence-corrected chi connectivity index (χ4v) is 7.01. The molecule has 0 radical (unpaired) electrons. The minimum atomic E-state index is -3.26. The number of benzene rings is 1. The van der Waals surface area contributed by atoms with Crippen molar-refractivity contribution < 1.29 is 17.9 Å². The highest BCUT2D eigenvalue weighted by Gasteiger charge is 2.54. The van der Waals surface area contributed by atoms with E-state index in [1.165, 1.54) is 11.3 Å². The van der Waals surface area contributed by atoms with Crippen LogP contribution in [0.25, 0.3) is 0 Å². The van der Waals surface area contributed by atoms with Gasteiger partial charge in [0, 0.05) is 23.5 Å². The van der Waals surface area contributed by atoms with E-state index in [0.29, 0.717) is 13.0 Å². The first-order chi connectivity index (χ1) is 13.0. The molecule has 4 rings (SSSR count). The minimum Gasteiger partial charge on any atom is -0.496 e. The Balaban J connectivity index is 1.58. The molecular weight excluding hydrogens is 382 g/mol. The molecule has 0 unspecified atom stereocenters. The third kappa shape index (κ3) is 3.27. The quantitative estimate of drug-likeness (QED) is 0.784. The number of methoxy groups -OCH3 is 1. The lowest BCUT2D eigenvalue weighted by atomic mass is 9.93. The van der Waals surface area contributed by atoms with Crippen LogP contribution < -0.4 is 4.74 Å². The first-order valence-electron chi connectivity index (χ1n) is 9.16. The van der Waals surface area contributed by atoms with Crippen molar-refractivity contribution in [2.24, 2.45) is 0 Å². The van der Waals surface area contributed by atoms with E-state index in [1.54, 1.807) is 12.0 Å². The molecule has 2 fully saturated rings. The molecule has 2 aliphatic rings. The van der Waals surface area contributed by atoms with Crippen LogP contribution in [0.1, 0.15) is 35.0 Å². The highest BCUT2D eigenvalue weighted by atomic mass is 32.2. The highest BCUT2D eigenvalue weighted by molar-refractivity contribution is 7.91. The monoisotopic (exact) mass is 405 g/mol. The second-order valence-corrected chi connectivity index (χ2v) is 10.5. The van der Waals surface area contributed by atoms with Gasteiger partial charge in [0.1, 0.15) is 5.75 Å². The van der Waals surface area contributed by atoms with Crippen LogP contribution in [0.2, 0.25) is 0 Å². The van der Waals surface area contributed by atoms with Crippen LogP contribution in [0, 0.1) is 0 Å². The lowest BCUT2D eigenvalue weighted by Crippen LogP contribution is -2.41. The van der Waals surface area contributed by atoms with E-state index < -0.39 is 20.5 Å². The molecule has 1 aromatic carbocycles. The summed E-state index contributed by atoms with van der Waals surface area (Å²) >= 11 is 1.47. The normalized spacial score (nSPS) is 23.4. The first-order valence-corrected chi connectivity index (χ1v) is 11.8. The summed E-state index contributed by atoms with van der Waals surface area (Å²) in [6.45, 7) is 0.734. The van der Waals surface area contributed by atoms with Crippen molar-refractivity contribution in [3.8, 4) is 5.75 Å².